The lowest BCUT2D eigenvalue weighted by Gasteiger charge is -2.16. The summed E-state index contributed by atoms with van der Waals surface area (Å²) in [5.74, 6) is -2.41. The van der Waals surface area contributed by atoms with E-state index in [1.54, 1.807) is 0 Å². The van der Waals surface area contributed by atoms with Gasteiger partial charge in [-0.3, -0.25) is 4.79 Å². The third-order valence-corrected chi connectivity index (χ3v) is 2.66. The van der Waals surface area contributed by atoms with Crippen molar-refractivity contribution in [1.82, 2.24) is 0 Å². The van der Waals surface area contributed by atoms with Gasteiger partial charge in [-0.2, -0.15) is 0 Å². The molecule has 0 radical (unpaired) electrons. The van der Waals surface area contributed by atoms with E-state index in [4.69, 9.17) is 0 Å². The number of carbonyl (C=O) groups excluding carboxylic acids is 2. The van der Waals surface area contributed by atoms with Crippen molar-refractivity contribution >= 4 is 11.8 Å². The van der Waals surface area contributed by atoms with Crippen LogP contribution < -0.4 is 0 Å². The van der Waals surface area contributed by atoms with Crippen molar-refractivity contribution in [2.75, 3.05) is 7.11 Å². The maximum absolute atomic E-state index is 12.9. The second kappa shape index (κ2) is 3.38. The topological polar surface area (TPSA) is 63.6 Å². The van der Waals surface area contributed by atoms with E-state index in [2.05, 4.69) is 4.74 Å². The Morgan fingerprint density at radius 3 is 2.88 bits per heavy atom. The van der Waals surface area contributed by atoms with E-state index in [0.717, 1.165) is 13.2 Å². The van der Waals surface area contributed by atoms with Gasteiger partial charge in [0.15, 0.2) is 0 Å². The van der Waals surface area contributed by atoms with Crippen molar-refractivity contribution in [3.63, 3.8) is 0 Å². The van der Waals surface area contributed by atoms with Gasteiger partial charge in [0, 0.05) is 12.0 Å². The van der Waals surface area contributed by atoms with Crippen LogP contribution in [0.1, 0.15) is 15.9 Å². The number of methoxy groups -OCH3 is 1. The van der Waals surface area contributed by atoms with Crippen molar-refractivity contribution in [1.29, 1.82) is 0 Å². The SMILES string of the molecule is COC(=O)[C@]1(O)Cc2ccc(F)cc2C1=O. The summed E-state index contributed by atoms with van der Waals surface area (Å²) in [6.45, 7) is 0. The van der Waals surface area contributed by atoms with E-state index in [0.29, 0.717) is 5.56 Å². The zero-order chi connectivity index (χ0) is 11.9. The molecule has 0 unspecified atom stereocenters. The number of halogens is 1. The van der Waals surface area contributed by atoms with Gasteiger partial charge in [0.2, 0.25) is 11.4 Å². The molecule has 0 bridgehead atoms. The first-order valence-corrected chi connectivity index (χ1v) is 4.63. The minimum atomic E-state index is -2.20. The fraction of sp³-hybridized carbons (Fsp3) is 0.273. The number of Topliss-reactive ketones (excluding diaryl/α,β-unsaturated/α-hetero) is 1. The van der Waals surface area contributed by atoms with Gasteiger partial charge in [0.05, 0.1) is 7.11 Å². The highest BCUT2D eigenvalue weighted by Crippen LogP contribution is 2.31. The smallest absolute Gasteiger partial charge is 0.346 e. The number of rotatable bonds is 1. The summed E-state index contributed by atoms with van der Waals surface area (Å²) in [7, 11) is 1.08. The predicted octanol–water partition coefficient (Wildman–Crippen LogP) is 0.469. The molecule has 1 atom stereocenters. The van der Waals surface area contributed by atoms with E-state index >= 15 is 0 Å². The van der Waals surface area contributed by atoms with Crippen LogP contribution in [-0.4, -0.2) is 29.6 Å². The molecule has 1 aromatic rings. The zero-order valence-corrected chi connectivity index (χ0v) is 8.49. The number of hydrogen-bond acceptors (Lipinski definition) is 4. The van der Waals surface area contributed by atoms with E-state index in [1.807, 2.05) is 0 Å². The number of fused-ring (bicyclic) bond motifs is 1. The molecule has 0 heterocycles. The highest BCUT2D eigenvalue weighted by molar-refractivity contribution is 6.18. The molecule has 84 valence electrons. The molecule has 0 spiro atoms. The van der Waals surface area contributed by atoms with Crippen LogP contribution in [0.5, 0.6) is 0 Å². The van der Waals surface area contributed by atoms with Crippen LogP contribution in [0.3, 0.4) is 0 Å². The minimum Gasteiger partial charge on any atom is -0.467 e. The molecule has 0 amide bonds. The number of ketones is 1. The van der Waals surface area contributed by atoms with E-state index in [9.17, 15) is 19.1 Å². The fourth-order valence-corrected chi connectivity index (χ4v) is 1.83. The number of carbonyl (C=O) groups is 2. The van der Waals surface area contributed by atoms with Crippen LogP contribution in [0.25, 0.3) is 0 Å². The molecule has 1 aliphatic carbocycles. The van der Waals surface area contributed by atoms with Gasteiger partial charge < -0.3 is 9.84 Å². The summed E-state index contributed by atoms with van der Waals surface area (Å²) in [5.41, 5.74) is -1.72. The monoisotopic (exact) mass is 224 g/mol. The summed E-state index contributed by atoms with van der Waals surface area (Å²) in [6.07, 6.45) is -0.173. The van der Waals surface area contributed by atoms with Crippen LogP contribution in [0.15, 0.2) is 18.2 Å². The Kier molecular flexibility index (Phi) is 2.27. The molecule has 5 heteroatoms. The highest BCUT2D eigenvalue weighted by Gasteiger charge is 2.51. The molecule has 16 heavy (non-hydrogen) atoms. The molecule has 2 rings (SSSR count). The molecule has 0 saturated heterocycles. The summed E-state index contributed by atoms with van der Waals surface area (Å²) in [5, 5.41) is 9.89. The second-order valence-electron chi connectivity index (χ2n) is 3.66. The van der Waals surface area contributed by atoms with Gasteiger partial charge >= 0.3 is 5.97 Å². The number of ether oxygens (including phenoxy) is 1. The average Bonchev–Trinajstić information content (AvgIpc) is 2.52. The van der Waals surface area contributed by atoms with Crippen LogP contribution in [0, 0.1) is 5.82 Å². The lowest BCUT2D eigenvalue weighted by molar-refractivity contribution is -0.156. The van der Waals surface area contributed by atoms with Gasteiger partial charge in [0.25, 0.3) is 0 Å². The summed E-state index contributed by atoms with van der Waals surface area (Å²) in [4.78, 5) is 23.1. The molecule has 1 aliphatic rings. The van der Waals surface area contributed by atoms with Crippen molar-refractivity contribution < 1.29 is 23.8 Å². The van der Waals surface area contributed by atoms with Gasteiger partial charge in [-0.05, 0) is 17.7 Å². The lowest BCUT2D eigenvalue weighted by Crippen LogP contribution is -2.45. The first-order chi connectivity index (χ1) is 7.49. The van der Waals surface area contributed by atoms with Crippen LogP contribution in [-0.2, 0) is 16.0 Å². The fourth-order valence-electron chi connectivity index (χ4n) is 1.83. The Hall–Kier alpha value is -1.75. The van der Waals surface area contributed by atoms with Crippen LogP contribution in [0.4, 0.5) is 4.39 Å². The zero-order valence-electron chi connectivity index (χ0n) is 8.49. The van der Waals surface area contributed by atoms with E-state index in [-0.39, 0.29) is 12.0 Å². The standard InChI is InChI=1S/C11H9FO4/c1-16-10(14)11(15)5-6-2-3-7(12)4-8(6)9(11)13/h2-4,15H,5H2,1H3/t11-/m0/s1. The minimum absolute atomic E-state index is 0.0351. The molecule has 0 aliphatic heterocycles. The largest absolute Gasteiger partial charge is 0.467 e. The molecule has 1 N–H and O–H groups in total. The summed E-state index contributed by atoms with van der Waals surface area (Å²) >= 11 is 0. The third kappa shape index (κ3) is 1.32. The van der Waals surface area contributed by atoms with Gasteiger partial charge in [-0.15, -0.1) is 0 Å². The molecule has 0 fully saturated rings. The Labute approximate surface area is 90.6 Å². The summed E-state index contributed by atoms with van der Waals surface area (Å²) < 4.78 is 17.3. The number of benzene rings is 1. The predicted molar refractivity (Wildman–Crippen MR) is 51.4 cm³/mol. The average molecular weight is 224 g/mol. The first-order valence-electron chi connectivity index (χ1n) is 4.63. The van der Waals surface area contributed by atoms with Crippen LogP contribution in [0.2, 0.25) is 0 Å². The molecular weight excluding hydrogens is 215 g/mol. The summed E-state index contributed by atoms with van der Waals surface area (Å²) in [6, 6.07) is 3.57. The van der Waals surface area contributed by atoms with Crippen molar-refractivity contribution in [2.45, 2.75) is 12.0 Å². The third-order valence-electron chi connectivity index (χ3n) is 2.66. The van der Waals surface area contributed by atoms with Crippen LogP contribution >= 0.6 is 0 Å². The normalized spacial score (nSPS) is 23.1. The molecular formula is C11H9FO4. The molecule has 0 aromatic heterocycles. The molecule has 0 saturated carbocycles. The van der Waals surface area contributed by atoms with E-state index in [1.165, 1.54) is 12.1 Å². The number of hydrogen-bond donors (Lipinski definition) is 1. The van der Waals surface area contributed by atoms with Gasteiger partial charge in [-0.1, -0.05) is 6.07 Å². The highest BCUT2D eigenvalue weighted by atomic mass is 19.1. The quantitative estimate of drug-likeness (QED) is 0.556. The van der Waals surface area contributed by atoms with Crippen molar-refractivity contribution in [2.24, 2.45) is 0 Å². The van der Waals surface area contributed by atoms with Gasteiger partial charge in [0.1, 0.15) is 5.82 Å². The van der Waals surface area contributed by atoms with Crippen molar-refractivity contribution in [3.8, 4) is 0 Å². The van der Waals surface area contributed by atoms with E-state index < -0.39 is 23.2 Å². The first kappa shape index (κ1) is 10.8. The lowest BCUT2D eigenvalue weighted by atomic mass is 10.00. The Bertz CT molecular complexity index is 483. The number of esters is 1. The maximum Gasteiger partial charge on any atom is 0.346 e. The Morgan fingerprint density at radius 1 is 1.56 bits per heavy atom. The van der Waals surface area contributed by atoms with Crippen molar-refractivity contribution in [3.05, 3.63) is 35.1 Å². The van der Waals surface area contributed by atoms with Gasteiger partial charge in [-0.25, -0.2) is 9.18 Å². The second-order valence-corrected chi connectivity index (χ2v) is 3.66. The number of aliphatic hydroxyl groups is 1. The molecule has 4 nitrogen and oxygen atoms in total. The Morgan fingerprint density at radius 2 is 2.25 bits per heavy atom. The maximum atomic E-state index is 12.9. The molecule has 1 aromatic carbocycles. The Balaban J connectivity index is 2.49.